The number of benzene rings is 2. The van der Waals surface area contributed by atoms with E-state index in [0.29, 0.717) is 6.61 Å². The number of hydrogen-bond acceptors (Lipinski definition) is 5. The summed E-state index contributed by atoms with van der Waals surface area (Å²) in [5.74, 6) is 1.21. The van der Waals surface area contributed by atoms with Crippen LogP contribution in [0.2, 0.25) is 0 Å². The third kappa shape index (κ3) is 3.33. The van der Waals surface area contributed by atoms with Crippen LogP contribution in [-0.4, -0.2) is 48.6 Å². The fraction of sp³-hybridized carbons (Fsp3) is 0.364. The van der Waals surface area contributed by atoms with E-state index in [1.807, 2.05) is 29.2 Å². The van der Waals surface area contributed by atoms with E-state index < -0.39 is 0 Å². The molecule has 0 aliphatic carbocycles. The Morgan fingerprint density at radius 1 is 1.04 bits per heavy atom. The van der Waals surface area contributed by atoms with Crippen molar-refractivity contribution in [2.45, 2.75) is 12.8 Å². The van der Waals surface area contributed by atoms with Crippen molar-refractivity contribution in [3.05, 3.63) is 54.1 Å². The van der Waals surface area contributed by atoms with Crippen molar-refractivity contribution in [1.29, 1.82) is 0 Å². The van der Waals surface area contributed by atoms with Gasteiger partial charge < -0.3 is 14.5 Å². The number of nitrogens with zero attached hydrogens (tertiary/aromatic N) is 3. The Labute approximate surface area is 168 Å². The van der Waals surface area contributed by atoms with Gasteiger partial charge in [0.25, 0.3) is 0 Å². The lowest BCUT2D eigenvalue weighted by atomic mass is 9.95. The number of amides is 1. The van der Waals surface area contributed by atoms with Gasteiger partial charge in [-0.1, -0.05) is 41.7 Å². The molecular weight excluding hydrogens is 370 g/mol. The fourth-order valence-electron chi connectivity index (χ4n) is 4.07. The smallest absolute Gasteiger partial charge is 0.226 e. The van der Waals surface area contributed by atoms with E-state index in [1.54, 1.807) is 11.3 Å². The number of anilines is 1. The highest BCUT2D eigenvalue weighted by molar-refractivity contribution is 7.22. The highest BCUT2D eigenvalue weighted by Crippen LogP contribution is 2.30. The normalized spacial score (nSPS) is 19.8. The average Bonchev–Trinajstić information content (AvgIpc) is 3.06. The zero-order valence-corrected chi connectivity index (χ0v) is 16.5. The van der Waals surface area contributed by atoms with Crippen molar-refractivity contribution < 1.29 is 9.53 Å². The Balaban J connectivity index is 1.24. The molecule has 0 N–H and O–H groups in total. The number of thiazole rings is 1. The SMILES string of the molecule is O=C([C@@H]1CCOc2ccccc2C1)N1CCN(c2nc3ccccc3s2)CC1. The first-order chi connectivity index (χ1) is 13.8. The topological polar surface area (TPSA) is 45.7 Å². The Bertz CT molecular complexity index is 961. The van der Waals surface area contributed by atoms with Crippen LogP contribution in [0, 0.1) is 5.92 Å². The van der Waals surface area contributed by atoms with Crippen molar-refractivity contribution >= 4 is 32.6 Å². The molecule has 3 aromatic rings. The van der Waals surface area contributed by atoms with E-state index in [9.17, 15) is 4.79 Å². The molecule has 6 heteroatoms. The lowest BCUT2D eigenvalue weighted by Gasteiger charge is -2.36. The molecule has 1 saturated heterocycles. The summed E-state index contributed by atoms with van der Waals surface area (Å²) >= 11 is 1.73. The molecule has 5 rings (SSSR count). The van der Waals surface area contributed by atoms with Crippen LogP contribution in [0.5, 0.6) is 5.75 Å². The number of ether oxygens (including phenoxy) is 1. The Kier molecular flexibility index (Phi) is 4.64. The minimum absolute atomic E-state index is 0.0117. The molecule has 0 radical (unpaired) electrons. The first-order valence-electron chi connectivity index (χ1n) is 9.88. The predicted molar refractivity (Wildman–Crippen MR) is 112 cm³/mol. The number of para-hydroxylation sites is 2. The van der Waals surface area contributed by atoms with Gasteiger partial charge in [0.15, 0.2) is 5.13 Å². The molecular formula is C22H23N3O2S. The summed E-state index contributed by atoms with van der Waals surface area (Å²) in [6, 6.07) is 16.3. The maximum atomic E-state index is 13.1. The number of carbonyl (C=O) groups excluding carboxylic acids is 1. The summed E-state index contributed by atoms with van der Waals surface area (Å²) in [4.78, 5) is 22.2. The van der Waals surface area contributed by atoms with Crippen LogP contribution in [-0.2, 0) is 11.2 Å². The molecule has 2 aliphatic rings. The Morgan fingerprint density at radius 3 is 2.68 bits per heavy atom. The molecule has 5 nitrogen and oxygen atoms in total. The Hall–Kier alpha value is -2.60. The van der Waals surface area contributed by atoms with Gasteiger partial charge in [-0.05, 0) is 36.6 Å². The van der Waals surface area contributed by atoms with Gasteiger partial charge in [0.2, 0.25) is 5.91 Å². The summed E-state index contributed by atoms with van der Waals surface area (Å²) in [6.07, 6.45) is 1.55. The minimum Gasteiger partial charge on any atom is -0.493 e. The lowest BCUT2D eigenvalue weighted by Crippen LogP contribution is -2.50. The fourth-order valence-corrected chi connectivity index (χ4v) is 5.09. The van der Waals surface area contributed by atoms with Crippen LogP contribution in [0.15, 0.2) is 48.5 Å². The number of carbonyl (C=O) groups is 1. The van der Waals surface area contributed by atoms with Crippen molar-refractivity contribution in [2.24, 2.45) is 5.92 Å². The number of hydrogen-bond donors (Lipinski definition) is 0. The van der Waals surface area contributed by atoms with Crippen LogP contribution in [0.4, 0.5) is 5.13 Å². The van der Waals surface area contributed by atoms with E-state index >= 15 is 0 Å². The van der Waals surface area contributed by atoms with Gasteiger partial charge in [-0.3, -0.25) is 4.79 Å². The van der Waals surface area contributed by atoms with E-state index in [1.165, 1.54) is 4.70 Å². The van der Waals surface area contributed by atoms with Crippen LogP contribution in [0.25, 0.3) is 10.2 Å². The van der Waals surface area contributed by atoms with Gasteiger partial charge in [0, 0.05) is 32.1 Å². The largest absolute Gasteiger partial charge is 0.493 e. The third-order valence-corrected chi connectivity index (χ3v) is 6.75. The lowest BCUT2D eigenvalue weighted by molar-refractivity contribution is -0.136. The molecule has 0 spiro atoms. The molecule has 1 atom stereocenters. The molecule has 144 valence electrons. The molecule has 0 saturated carbocycles. The maximum Gasteiger partial charge on any atom is 0.226 e. The molecule has 2 aromatic carbocycles. The number of aromatic nitrogens is 1. The number of fused-ring (bicyclic) bond motifs is 2. The predicted octanol–water partition coefficient (Wildman–Crippen LogP) is 3.59. The first-order valence-corrected chi connectivity index (χ1v) is 10.7. The summed E-state index contributed by atoms with van der Waals surface area (Å²) in [5.41, 5.74) is 2.20. The molecule has 1 amide bonds. The van der Waals surface area contributed by atoms with Crippen molar-refractivity contribution in [2.75, 3.05) is 37.7 Å². The van der Waals surface area contributed by atoms with Gasteiger partial charge in [-0.2, -0.15) is 0 Å². The second-order valence-corrected chi connectivity index (χ2v) is 8.43. The molecule has 0 unspecified atom stereocenters. The second kappa shape index (κ2) is 7.43. The van der Waals surface area contributed by atoms with E-state index in [-0.39, 0.29) is 11.8 Å². The molecule has 1 aromatic heterocycles. The third-order valence-electron chi connectivity index (χ3n) is 5.66. The number of piperazine rings is 1. The zero-order chi connectivity index (χ0) is 18.9. The minimum atomic E-state index is 0.0117. The van der Waals surface area contributed by atoms with Gasteiger partial charge in [0.05, 0.1) is 16.8 Å². The highest BCUT2D eigenvalue weighted by Gasteiger charge is 2.30. The molecule has 28 heavy (non-hydrogen) atoms. The number of rotatable bonds is 2. The van der Waals surface area contributed by atoms with E-state index in [4.69, 9.17) is 9.72 Å². The quantitative estimate of drug-likeness (QED) is 0.668. The van der Waals surface area contributed by atoms with Crippen molar-refractivity contribution in [3.8, 4) is 5.75 Å². The zero-order valence-electron chi connectivity index (χ0n) is 15.7. The van der Waals surface area contributed by atoms with Gasteiger partial charge in [0.1, 0.15) is 5.75 Å². The highest BCUT2D eigenvalue weighted by atomic mass is 32.1. The summed E-state index contributed by atoms with van der Waals surface area (Å²) < 4.78 is 7.05. The van der Waals surface area contributed by atoms with Crippen LogP contribution in [0.3, 0.4) is 0 Å². The monoisotopic (exact) mass is 393 g/mol. The summed E-state index contributed by atoms with van der Waals surface area (Å²) in [6.45, 7) is 3.80. The van der Waals surface area contributed by atoms with E-state index in [2.05, 4.69) is 29.2 Å². The first kappa shape index (κ1) is 17.5. The molecule has 2 aliphatic heterocycles. The van der Waals surface area contributed by atoms with Crippen molar-refractivity contribution in [1.82, 2.24) is 9.88 Å². The maximum absolute atomic E-state index is 13.1. The summed E-state index contributed by atoms with van der Waals surface area (Å²) in [7, 11) is 0. The average molecular weight is 394 g/mol. The van der Waals surface area contributed by atoms with Crippen LogP contribution < -0.4 is 9.64 Å². The van der Waals surface area contributed by atoms with Crippen LogP contribution >= 0.6 is 11.3 Å². The van der Waals surface area contributed by atoms with Crippen LogP contribution in [0.1, 0.15) is 12.0 Å². The van der Waals surface area contributed by atoms with Crippen molar-refractivity contribution in [3.63, 3.8) is 0 Å². The van der Waals surface area contributed by atoms with Gasteiger partial charge in [-0.15, -0.1) is 0 Å². The Morgan fingerprint density at radius 2 is 1.82 bits per heavy atom. The molecule has 0 bridgehead atoms. The van der Waals surface area contributed by atoms with Gasteiger partial charge >= 0.3 is 0 Å². The molecule has 3 heterocycles. The summed E-state index contributed by atoms with van der Waals surface area (Å²) in [5, 5.41) is 1.06. The standard InChI is InChI=1S/C22H23N3O2S/c26-21(17-9-14-27-19-7-3-1-5-16(19)15-17)24-10-12-25(13-11-24)22-23-18-6-2-4-8-20(18)28-22/h1-8,17H,9-15H2/t17-/m1/s1. The second-order valence-electron chi connectivity index (χ2n) is 7.42. The van der Waals surface area contributed by atoms with Gasteiger partial charge in [-0.25, -0.2) is 4.98 Å². The van der Waals surface area contributed by atoms with E-state index in [0.717, 1.165) is 61.0 Å². The molecule has 1 fully saturated rings.